The van der Waals surface area contributed by atoms with Crippen LogP contribution in [0, 0.1) is 17.0 Å². The van der Waals surface area contributed by atoms with Gasteiger partial charge in [0.15, 0.2) is 0 Å². The largest absolute Gasteiger partial charge is 0.494 e. The van der Waals surface area contributed by atoms with Crippen LogP contribution in [0.15, 0.2) is 48.5 Å². The van der Waals surface area contributed by atoms with Gasteiger partial charge in [-0.05, 0) is 36.6 Å². The topological polar surface area (TPSA) is 89.7 Å². The zero-order chi connectivity index (χ0) is 16.8. The summed E-state index contributed by atoms with van der Waals surface area (Å²) >= 11 is 0. The van der Waals surface area contributed by atoms with E-state index in [0.29, 0.717) is 11.3 Å². The summed E-state index contributed by atoms with van der Waals surface area (Å²) in [5.74, 6) is -1.05. The van der Waals surface area contributed by atoms with E-state index < -0.39 is 16.8 Å². The van der Waals surface area contributed by atoms with Crippen molar-refractivity contribution in [2.75, 3.05) is 6.61 Å². The molecule has 0 heterocycles. The second-order valence-electron chi connectivity index (χ2n) is 5.19. The Hall–Kier alpha value is -2.89. The zero-order valence-corrected chi connectivity index (χ0v) is 12.6. The predicted octanol–water partition coefficient (Wildman–Crippen LogP) is 3.54. The first kappa shape index (κ1) is 16.5. The van der Waals surface area contributed by atoms with Crippen LogP contribution in [0.4, 0.5) is 5.69 Å². The highest BCUT2D eigenvalue weighted by Crippen LogP contribution is 2.23. The molecule has 23 heavy (non-hydrogen) atoms. The molecule has 0 amide bonds. The van der Waals surface area contributed by atoms with Crippen LogP contribution in [0.5, 0.6) is 5.75 Å². The van der Waals surface area contributed by atoms with Crippen LogP contribution in [-0.2, 0) is 4.79 Å². The lowest BCUT2D eigenvalue weighted by molar-refractivity contribution is -0.384. The number of carbonyl (C=O) groups is 1. The van der Waals surface area contributed by atoms with Crippen molar-refractivity contribution in [1.29, 1.82) is 0 Å². The van der Waals surface area contributed by atoms with Crippen molar-refractivity contribution in [3.05, 3.63) is 69.8 Å². The molecular weight excluding hydrogens is 298 g/mol. The third-order valence-electron chi connectivity index (χ3n) is 3.47. The van der Waals surface area contributed by atoms with Crippen molar-refractivity contribution < 1.29 is 19.6 Å². The normalized spacial score (nSPS) is 11.7. The third kappa shape index (κ3) is 4.54. The minimum atomic E-state index is -0.980. The molecule has 0 saturated heterocycles. The van der Waals surface area contributed by atoms with Crippen molar-refractivity contribution in [2.45, 2.75) is 19.3 Å². The number of aliphatic carboxylic acids is 1. The summed E-state index contributed by atoms with van der Waals surface area (Å²) in [5.41, 5.74) is 1.53. The Morgan fingerprint density at radius 3 is 2.52 bits per heavy atom. The number of rotatable bonds is 7. The van der Waals surface area contributed by atoms with E-state index in [2.05, 4.69) is 0 Å². The molecule has 2 aromatic carbocycles. The van der Waals surface area contributed by atoms with Gasteiger partial charge in [0.1, 0.15) is 5.75 Å². The van der Waals surface area contributed by atoms with Gasteiger partial charge in [0, 0.05) is 12.1 Å². The van der Waals surface area contributed by atoms with E-state index >= 15 is 0 Å². The van der Waals surface area contributed by atoms with Crippen molar-refractivity contribution in [1.82, 2.24) is 0 Å². The molecule has 0 aliphatic rings. The van der Waals surface area contributed by atoms with Crippen molar-refractivity contribution in [3.63, 3.8) is 0 Å². The molecule has 2 rings (SSSR count). The molecule has 0 saturated carbocycles. The molecule has 0 aromatic heterocycles. The van der Waals surface area contributed by atoms with Crippen LogP contribution >= 0.6 is 0 Å². The van der Waals surface area contributed by atoms with Gasteiger partial charge >= 0.3 is 5.97 Å². The van der Waals surface area contributed by atoms with Crippen LogP contribution in [-0.4, -0.2) is 22.6 Å². The summed E-state index contributed by atoms with van der Waals surface area (Å²) in [5, 5.41) is 20.0. The van der Waals surface area contributed by atoms with E-state index in [1.807, 2.05) is 31.2 Å². The summed E-state index contributed by atoms with van der Waals surface area (Å²) in [6.07, 6.45) is 0.279. The van der Waals surface area contributed by atoms with Crippen LogP contribution in [0.25, 0.3) is 0 Å². The number of nitro benzene ring substituents is 1. The maximum absolute atomic E-state index is 11.4. The second kappa shape index (κ2) is 7.40. The summed E-state index contributed by atoms with van der Waals surface area (Å²) in [6.45, 7) is 2.20. The quantitative estimate of drug-likeness (QED) is 0.623. The maximum Gasteiger partial charge on any atom is 0.311 e. The molecule has 1 unspecified atom stereocenters. The number of non-ortho nitro benzene ring substituents is 1. The second-order valence-corrected chi connectivity index (χ2v) is 5.19. The Bertz CT molecular complexity index is 696. The maximum atomic E-state index is 11.4. The first-order valence-corrected chi connectivity index (χ1v) is 7.14. The van der Waals surface area contributed by atoms with Gasteiger partial charge in [-0.3, -0.25) is 14.9 Å². The van der Waals surface area contributed by atoms with Gasteiger partial charge in [-0.1, -0.05) is 24.3 Å². The highest BCUT2D eigenvalue weighted by atomic mass is 16.6. The molecule has 0 aliphatic heterocycles. The lowest BCUT2D eigenvalue weighted by Crippen LogP contribution is -2.15. The molecule has 6 heteroatoms. The van der Waals surface area contributed by atoms with Gasteiger partial charge in [-0.15, -0.1) is 0 Å². The fraction of sp³-hybridized carbons (Fsp3) is 0.235. The number of hydrogen-bond donors (Lipinski definition) is 1. The Morgan fingerprint density at radius 1 is 1.26 bits per heavy atom. The summed E-state index contributed by atoms with van der Waals surface area (Å²) in [7, 11) is 0. The number of nitrogens with zero attached hydrogens (tertiary/aromatic N) is 1. The molecule has 120 valence electrons. The van der Waals surface area contributed by atoms with Crippen LogP contribution in [0.1, 0.15) is 23.5 Å². The number of aryl methyl sites for hydroxylation is 1. The van der Waals surface area contributed by atoms with Crippen LogP contribution in [0.2, 0.25) is 0 Å². The van der Waals surface area contributed by atoms with E-state index in [9.17, 15) is 20.0 Å². The van der Waals surface area contributed by atoms with E-state index in [0.717, 1.165) is 5.56 Å². The van der Waals surface area contributed by atoms with E-state index in [4.69, 9.17) is 4.74 Å². The minimum absolute atomic E-state index is 0.0612. The third-order valence-corrected chi connectivity index (χ3v) is 3.47. The van der Waals surface area contributed by atoms with Gasteiger partial charge in [0.25, 0.3) is 5.69 Å². The molecule has 0 spiro atoms. The molecule has 2 aromatic rings. The molecule has 1 N–H and O–H groups in total. The smallest absolute Gasteiger partial charge is 0.311 e. The van der Waals surface area contributed by atoms with E-state index in [1.165, 1.54) is 24.3 Å². The molecule has 0 radical (unpaired) electrons. The van der Waals surface area contributed by atoms with Gasteiger partial charge in [-0.25, -0.2) is 0 Å². The zero-order valence-electron chi connectivity index (χ0n) is 12.6. The van der Waals surface area contributed by atoms with E-state index in [-0.39, 0.29) is 18.7 Å². The lowest BCUT2D eigenvalue weighted by Gasteiger charge is -2.13. The number of benzene rings is 2. The average Bonchev–Trinajstić information content (AvgIpc) is 2.51. The molecular formula is C17H17NO5. The van der Waals surface area contributed by atoms with Crippen molar-refractivity contribution >= 4 is 11.7 Å². The van der Waals surface area contributed by atoms with Gasteiger partial charge in [0.05, 0.1) is 17.4 Å². The van der Waals surface area contributed by atoms with Gasteiger partial charge < -0.3 is 9.84 Å². The fourth-order valence-electron chi connectivity index (χ4n) is 2.26. The Balaban J connectivity index is 2.01. The lowest BCUT2D eigenvalue weighted by atomic mass is 9.96. The number of carboxylic acids is 1. The standard InChI is InChI=1S/C17H17NO5/c1-12-3-2-4-15(11-12)23-10-9-16(17(19)20)13-5-7-14(8-6-13)18(21)22/h2-8,11,16H,9-10H2,1H3,(H,19,20). The number of ether oxygens (including phenoxy) is 1. The fourth-order valence-corrected chi connectivity index (χ4v) is 2.26. The Labute approximate surface area is 133 Å². The number of carboxylic acid groups (broad SMARTS) is 1. The molecule has 0 aliphatic carbocycles. The molecule has 0 fully saturated rings. The molecule has 6 nitrogen and oxygen atoms in total. The first-order chi connectivity index (χ1) is 11.0. The minimum Gasteiger partial charge on any atom is -0.494 e. The van der Waals surface area contributed by atoms with Crippen molar-refractivity contribution in [2.24, 2.45) is 0 Å². The summed E-state index contributed by atoms with van der Waals surface area (Å²) in [6, 6.07) is 13.1. The number of hydrogen-bond acceptors (Lipinski definition) is 4. The van der Waals surface area contributed by atoms with Gasteiger partial charge in [-0.2, -0.15) is 0 Å². The molecule has 1 atom stereocenters. The van der Waals surface area contributed by atoms with Crippen LogP contribution < -0.4 is 4.74 Å². The summed E-state index contributed by atoms with van der Waals surface area (Å²) in [4.78, 5) is 21.6. The highest BCUT2D eigenvalue weighted by molar-refractivity contribution is 5.76. The first-order valence-electron chi connectivity index (χ1n) is 7.14. The Morgan fingerprint density at radius 2 is 1.96 bits per heavy atom. The average molecular weight is 315 g/mol. The van der Waals surface area contributed by atoms with Crippen LogP contribution in [0.3, 0.4) is 0 Å². The number of nitro groups is 1. The monoisotopic (exact) mass is 315 g/mol. The molecule has 0 bridgehead atoms. The SMILES string of the molecule is Cc1cccc(OCCC(C(=O)O)c2ccc([N+](=O)[O-])cc2)c1. The summed E-state index contributed by atoms with van der Waals surface area (Å²) < 4.78 is 5.58. The van der Waals surface area contributed by atoms with E-state index in [1.54, 1.807) is 0 Å². The predicted molar refractivity (Wildman–Crippen MR) is 84.8 cm³/mol. The highest BCUT2D eigenvalue weighted by Gasteiger charge is 2.20. The van der Waals surface area contributed by atoms with Gasteiger partial charge in [0.2, 0.25) is 0 Å². The Kier molecular flexibility index (Phi) is 5.30. The van der Waals surface area contributed by atoms with Crippen molar-refractivity contribution in [3.8, 4) is 5.75 Å².